The maximum absolute atomic E-state index is 13.4. The highest BCUT2D eigenvalue weighted by Gasteiger charge is 2.43. The number of carbonyl (C=O) groups excluding carboxylic acids is 2. The van der Waals surface area contributed by atoms with Crippen LogP contribution in [0.25, 0.3) is 0 Å². The lowest BCUT2D eigenvalue weighted by atomic mass is 9.98. The molecule has 1 aromatic rings. The summed E-state index contributed by atoms with van der Waals surface area (Å²) in [5.74, 6) is -5.64. The Bertz CT molecular complexity index is 471. The van der Waals surface area contributed by atoms with Crippen molar-refractivity contribution in [2.45, 2.75) is 11.9 Å². The summed E-state index contributed by atoms with van der Waals surface area (Å²) in [6.45, 7) is 0. The van der Waals surface area contributed by atoms with Crippen molar-refractivity contribution in [2.75, 3.05) is 7.11 Å². The zero-order chi connectivity index (χ0) is 13.9. The second-order valence-electron chi connectivity index (χ2n) is 3.51. The van der Waals surface area contributed by atoms with Crippen molar-refractivity contribution in [2.24, 2.45) is 0 Å². The molecule has 0 fully saturated rings. The summed E-state index contributed by atoms with van der Waals surface area (Å²) in [5.41, 5.74) is -0.846. The molecule has 6 nitrogen and oxygen atoms in total. The minimum atomic E-state index is -3.20. The zero-order valence-corrected chi connectivity index (χ0v) is 9.33. The van der Waals surface area contributed by atoms with E-state index in [1.807, 2.05) is 0 Å². The van der Waals surface area contributed by atoms with E-state index in [-0.39, 0.29) is 5.56 Å². The summed E-state index contributed by atoms with van der Waals surface area (Å²) in [5, 5.41) is 28.6. The standard InChI is InChI=1S/C11H11FO6/c1-18-10(15)9(14)11(16,17)7-4-6(5-13)2-3-8(7)12/h2-5,9,14,16-17H,1H3. The molecule has 0 heterocycles. The number of rotatable bonds is 4. The molecular formula is C11H11FO6. The van der Waals surface area contributed by atoms with Gasteiger partial charge in [-0.05, 0) is 18.2 Å². The molecular weight excluding hydrogens is 247 g/mol. The van der Waals surface area contributed by atoms with Crippen LogP contribution in [0.2, 0.25) is 0 Å². The molecule has 0 bridgehead atoms. The average molecular weight is 258 g/mol. The van der Waals surface area contributed by atoms with Crippen LogP contribution in [0.15, 0.2) is 18.2 Å². The third kappa shape index (κ3) is 2.53. The monoisotopic (exact) mass is 258 g/mol. The van der Waals surface area contributed by atoms with Gasteiger partial charge < -0.3 is 20.1 Å². The molecule has 0 aliphatic carbocycles. The summed E-state index contributed by atoms with van der Waals surface area (Å²) in [4.78, 5) is 21.5. The van der Waals surface area contributed by atoms with E-state index in [1.54, 1.807) is 0 Å². The maximum Gasteiger partial charge on any atom is 0.340 e. The SMILES string of the molecule is COC(=O)C(O)C(O)(O)c1cc(C=O)ccc1F. The second kappa shape index (κ2) is 5.21. The Kier molecular flexibility index (Phi) is 4.12. The van der Waals surface area contributed by atoms with Crippen molar-refractivity contribution in [3.8, 4) is 0 Å². The molecule has 18 heavy (non-hydrogen) atoms. The van der Waals surface area contributed by atoms with Gasteiger partial charge in [-0.15, -0.1) is 0 Å². The number of halogens is 1. The number of benzene rings is 1. The number of hydrogen-bond acceptors (Lipinski definition) is 6. The molecule has 1 aromatic carbocycles. The van der Waals surface area contributed by atoms with E-state index in [0.717, 1.165) is 25.3 Å². The Morgan fingerprint density at radius 3 is 2.61 bits per heavy atom. The van der Waals surface area contributed by atoms with Crippen LogP contribution in [0.1, 0.15) is 15.9 Å². The Balaban J connectivity index is 3.26. The topological polar surface area (TPSA) is 104 Å². The second-order valence-corrected chi connectivity index (χ2v) is 3.51. The number of carbonyl (C=O) groups is 2. The van der Waals surface area contributed by atoms with E-state index >= 15 is 0 Å². The van der Waals surface area contributed by atoms with Gasteiger partial charge in [0.15, 0.2) is 0 Å². The van der Waals surface area contributed by atoms with Crippen molar-refractivity contribution < 1.29 is 34.0 Å². The average Bonchev–Trinajstić information content (AvgIpc) is 2.37. The van der Waals surface area contributed by atoms with Crippen LogP contribution in [0.5, 0.6) is 0 Å². The largest absolute Gasteiger partial charge is 0.467 e. The first-order valence-corrected chi connectivity index (χ1v) is 4.80. The van der Waals surface area contributed by atoms with Crippen molar-refractivity contribution >= 4 is 12.3 Å². The minimum absolute atomic E-state index is 0.0454. The molecule has 0 radical (unpaired) electrons. The van der Waals surface area contributed by atoms with Gasteiger partial charge in [0.1, 0.15) is 12.1 Å². The van der Waals surface area contributed by atoms with Crippen LogP contribution in [-0.2, 0) is 15.3 Å². The van der Waals surface area contributed by atoms with Crippen LogP contribution in [0.3, 0.4) is 0 Å². The number of esters is 1. The number of hydrogen-bond donors (Lipinski definition) is 3. The van der Waals surface area contributed by atoms with Crippen LogP contribution in [0.4, 0.5) is 4.39 Å². The molecule has 3 N–H and O–H groups in total. The highest BCUT2D eigenvalue weighted by molar-refractivity contribution is 5.77. The Morgan fingerprint density at radius 1 is 1.50 bits per heavy atom. The smallest absolute Gasteiger partial charge is 0.340 e. The van der Waals surface area contributed by atoms with Gasteiger partial charge in [-0.2, -0.15) is 0 Å². The van der Waals surface area contributed by atoms with Gasteiger partial charge >= 0.3 is 5.97 Å². The van der Waals surface area contributed by atoms with E-state index in [4.69, 9.17) is 0 Å². The summed E-state index contributed by atoms with van der Waals surface area (Å²) in [6, 6.07) is 2.73. The Labute approximate surface area is 101 Å². The first kappa shape index (κ1) is 14.2. The fourth-order valence-corrected chi connectivity index (χ4v) is 1.32. The third-order valence-electron chi connectivity index (χ3n) is 2.33. The molecule has 1 rings (SSSR count). The highest BCUT2D eigenvalue weighted by Crippen LogP contribution is 2.26. The third-order valence-corrected chi connectivity index (χ3v) is 2.33. The molecule has 0 saturated carbocycles. The van der Waals surface area contributed by atoms with Crippen LogP contribution in [0, 0.1) is 5.82 Å². The molecule has 0 saturated heterocycles. The molecule has 0 aliphatic heterocycles. The van der Waals surface area contributed by atoms with E-state index in [2.05, 4.69) is 4.74 Å². The fraction of sp³-hybridized carbons (Fsp3) is 0.273. The lowest BCUT2D eigenvalue weighted by molar-refractivity contribution is -0.240. The first-order chi connectivity index (χ1) is 8.34. The van der Waals surface area contributed by atoms with Crippen molar-refractivity contribution in [3.63, 3.8) is 0 Å². The fourth-order valence-electron chi connectivity index (χ4n) is 1.32. The molecule has 1 atom stereocenters. The van der Waals surface area contributed by atoms with Gasteiger partial charge in [0.2, 0.25) is 11.9 Å². The van der Waals surface area contributed by atoms with Crippen molar-refractivity contribution in [3.05, 3.63) is 35.1 Å². The molecule has 0 aromatic heterocycles. The van der Waals surface area contributed by atoms with Crippen molar-refractivity contribution in [1.29, 1.82) is 0 Å². The van der Waals surface area contributed by atoms with E-state index in [1.165, 1.54) is 0 Å². The van der Waals surface area contributed by atoms with E-state index < -0.39 is 29.2 Å². The normalized spacial score (nSPS) is 12.9. The molecule has 0 amide bonds. The predicted molar refractivity (Wildman–Crippen MR) is 55.9 cm³/mol. The molecule has 0 aliphatic rings. The van der Waals surface area contributed by atoms with Gasteiger partial charge in [-0.25, -0.2) is 9.18 Å². The van der Waals surface area contributed by atoms with Gasteiger partial charge in [0.05, 0.1) is 12.7 Å². The number of methoxy groups -OCH3 is 1. The van der Waals surface area contributed by atoms with Gasteiger partial charge in [-0.3, -0.25) is 4.79 Å². The van der Waals surface area contributed by atoms with Gasteiger partial charge in [0, 0.05) is 5.56 Å². The van der Waals surface area contributed by atoms with Crippen LogP contribution in [-0.4, -0.2) is 40.8 Å². The van der Waals surface area contributed by atoms with Crippen molar-refractivity contribution in [1.82, 2.24) is 0 Å². The minimum Gasteiger partial charge on any atom is -0.467 e. The van der Waals surface area contributed by atoms with Crippen LogP contribution < -0.4 is 0 Å². The lowest BCUT2D eigenvalue weighted by Gasteiger charge is -2.26. The highest BCUT2D eigenvalue weighted by atomic mass is 19.1. The molecule has 98 valence electrons. The number of aldehydes is 1. The first-order valence-electron chi connectivity index (χ1n) is 4.80. The maximum atomic E-state index is 13.4. The molecule has 0 spiro atoms. The molecule has 7 heteroatoms. The number of aliphatic hydroxyl groups excluding tert-OH is 1. The summed E-state index contributed by atoms with van der Waals surface area (Å²) >= 11 is 0. The summed E-state index contributed by atoms with van der Waals surface area (Å²) < 4.78 is 17.5. The van der Waals surface area contributed by atoms with Crippen LogP contribution >= 0.6 is 0 Å². The lowest BCUT2D eigenvalue weighted by Crippen LogP contribution is -2.45. The van der Waals surface area contributed by atoms with Gasteiger partial charge in [0.25, 0.3) is 0 Å². The van der Waals surface area contributed by atoms with E-state index in [0.29, 0.717) is 6.29 Å². The number of ether oxygens (including phenoxy) is 1. The predicted octanol–water partition coefficient (Wildman–Crippen LogP) is -0.691. The molecule has 1 unspecified atom stereocenters. The summed E-state index contributed by atoms with van der Waals surface area (Å²) in [7, 11) is 0.917. The zero-order valence-electron chi connectivity index (χ0n) is 9.33. The quantitative estimate of drug-likeness (QED) is 0.375. The van der Waals surface area contributed by atoms with E-state index in [9.17, 15) is 29.3 Å². The Hall–Kier alpha value is -1.83. The Morgan fingerprint density at radius 2 is 2.11 bits per heavy atom. The number of aliphatic hydroxyl groups is 3. The van der Waals surface area contributed by atoms with Gasteiger partial charge in [-0.1, -0.05) is 0 Å². The summed E-state index contributed by atoms with van der Waals surface area (Å²) in [6.07, 6.45) is -2.05.